The Morgan fingerprint density at radius 1 is 0.379 bits per heavy atom. The molecule has 0 unspecified atom stereocenters. The molecule has 0 bridgehead atoms. The van der Waals surface area contributed by atoms with E-state index < -0.39 is 7.26 Å². The van der Waals surface area contributed by atoms with Crippen LogP contribution in [-0.2, 0) is 0 Å². The summed E-state index contributed by atoms with van der Waals surface area (Å²) in [6.07, 6.45) is 32.7. The summed E-state index contributed by atoms with van der Waals surface area (Å²) < 4.78 is 0. The van der Waals surface area contributed by atoms with Crippen molar-refractivity contribution in [3.05, 3.63) is 0 Å². The molecule has 1 nitrogen and oxygen atoms in total. The van der Waals surface area contributed by atoms with Crippen LogP contribution in [0, 0.1) is 0 Å². The van der Waals surface area contributed by atoms with Gasteiger partial charge < -0.3 is 5.11 Å². The lowest BCUT2D eigenvalue weighted by atomic mass is 10.1. The van der Waals surface area contributed by atoms with E-state index in [0.717, 1.165) is 6.42 Å². The summed E-state index contributed by atoms with van der Waals surface area (Å²) in [5.74, 6) is 0. The molecule has 0 radical (unpaired) electrons. The third-order valence-electron chi connectivity index (χ3n) is 6.75. The molecule has 176 valence electrons. The quantitative estimate of drug-likeness (QED) is 0.120. The number of aliphatic hydroxyl groups is 1. The third-order valence-corrected chi connectivity index (χ3v) is 11.8. The first kappa shape index (κ1) is 29.4. The van der Waals surface area contributed by atoms with Crippen molar-refractivity contribution in [2.75, 3.05) is 31.3 Å². The van der Waals surface area contributed by atoms with Crippen LogP contribution in [0.4, 0.5) is 0 Å². The Kier molecular flexibility index (Phi) is 23.4. The summed E-state index contributed by atoms with van der Waals surface area (Å²) in [6.45, 7) is 7.34. The number of unbranched alkanes of at least 4 members (excludes halogenated alkanes) is 15. The first-order chi connectivity index (χ1) is 14.2. The monoisotopic (exact) mass is 429 g/mol. The SMILES string of the molecule is CCCCCCCC[P+](CCCO)(CCCCCCCC)CCCCCCCC. The van der Waals surface area contributed by atoms with Crippen molar-refractivity contribution >= 4 is 7.26 Å². The van der Waals surface area contributed by atoms with Crippen molar-refractivity contribution in [3.63, 3.8) is 0 Å². The van der Waals surface area contributed by atoms with Crippen molar-refractivity contribution in [1.29, 1.82) is 0 Å². The van der Waals surface area contributed by atoms with E-state index in [2.05, 4.69) is 20.8 Å². The third kappa shape index (κ3) is 18.8. The second-order valence-electron chi connectivity index (χ2n) is 9.62. The highest BCUT2D eigenvalue weighted by Crippen LogP contribution is 2.61. The second-order valence-corrected chi connectivity index (χ2v) is 14.1. The number of hydrogen-bond donors (Lipinski definition) is 1. The predicted octanol–water partition coefficient (Wildman–Crippen LogP) is 9.47. The van der Waals surface area contributed by atoms with Gasteiger partial charge >= 0.3 is 0 Å². The van der Waals surface area contributed by atoms with Gasteiger partial charge in [-0.1, -0.05) is 97.8 Å². The largest absolute Gasteiger partial charge is 0.396 e. The summed E-state index contributed by atoms with van der Waals surface area (Å²) in [6, 6.07) is 0. The van der Waals surface area contributed by atoms with Gasteiger partial charge in [-0.2, -0.15) is 0 Å². The van der Waals surface area contributed by atoms with Crippen LogP contribution in [0.1, 0.15) is 143 Å². The summed E-state index contributed by atoms with van der Waals surface area (Å²) >= 11 is 0. The summed E-state index contributed by atoms with van der Waals surface area (Å²) in [7, 11) is -0.839. The highest BCUT2D eigenvalue weighted by Gasteiger charge is 2.34. The molecule has 0 aliphatic carbocycles. The van der Waals surface area contributed by atoms with Crippen LogP contribution in [0.15, 0.2) is 0 Å². The summed E-state index contributed by atoms with van der Waals surface area (Å²) in [4.78, 5) is 0. The Balaban J connectivity index is 4.52. The molecule has 0 aromatic carbocycles. The van der Waals surface area contributed by atoms with Crippen LogP contribution in [-0.4, -0.2) is 36.4 Å². The Morgan fingerprint density at radius 3 is 0.966 bits per heavy atom. The molecule has 0 aliphatic rings. The smallest absolute Gasteiger partial charge is 0.0616 e. The molecule has 0 saturated heterocycles. The van der Waals surface area contributed by atoms with Gasteiger partial charge in [0.05, 0.1) is 24.6 Å². The van der Waals surface area contributed by atoms with Gasteiger partial charge in [-0.05, 0) is 38.5 Å². The van der Waals surface area contributed by atoms with Gasteiger partial charge in [0.1, 0.15) is 0 Å². The van der Waals surface area contributed by atoms with Crippen LogP contribution >= 0.6 is 7.26 Å². The van der Waals surface area contributed by atoms with Gasteiger partial charge in [-0.25, -0.2) is 0 Å². The maximum Gasteiger partial charge on any atom is 0.0616 e. The molecule has 2 heteroatoms. The lowest BCUT2D eigenvalue weighted by Gasteiger charge is -2.28. The zero-order chi connectivity index (χ0) is 21.5. The molecule has 0 spiro atoms. The maximum atomic E-state index is 9.55. The van der Waals surface area contributed by atoms with Crippen LogP contribution in [0.25, 0.3) is 0 Å². The van der Waals surface area contributed by atoms with Gasteiger partial charge in [0.25, 0.3) is 0 Å². The summed E-state index contributed by atoms with van der Waals surface area (Å²) in [5.41, 5.74) is 0. The molecular formula is C27H58OP+. The molecule has 0 atom stereocenters. The molecule has 0 aromatic heterocycles. The Hall–Kier alpha value is 0.390. The second kappa shape index (κ2) is 23.1. The van der Waals surface area contributed by atoms with E-state index in [1.807, 2.05) is 0 Å². The van der Waals surface area contributed by atoms with Crippen molar-refractivity contribution in [1.82, 2.24) is 0 Å². The van der Waals surface area contributed by atoms with Crippen LogP contribution < -0.4 is 0 Å². The lowest BCUT2D eigenvalue weighted by molar-refractivity contribution is 0.295. The van der Waals surface area contributed by atoms with E-state index >= 15 is 0 Å². The molecule has 0 aliphatic heterocycles. The van der Waals surface area contributed by atoms with E-state index in [9.17, 15) is 5.11 Å². The highest BCUT2D eigenvalue weighted by atomic mass is 31.2. The average molecular weight is 430 g/mol. The minimum absolute atomic E-state index is 0.408. The maximum absolute atomic E-state index is 9.55. The fraction of sp³-hybridized carbons (Fsp3) is 1.00. The number of rotatable bonds is 24. The molecule has 1 N–H and O–H groups in total. The van der Waals surface area contributed by atoms with E-state index in [4.69, 9.17) is 0 Å². The first-order valence-corrected chi connectivity index (χ1v) is 16.2. The zero-order valence-electron chi connectivity index (χ0n) is 20.9. The predicted molar refractivity (Wildman–Crippen MR) is 138 cm³/mol. The fourth-order valence-corrected chi connectivity index (χ4v) is 9.60. The molecule has 0 fully saturated rings. The molecule has 0 heterocycles. The van der Waals surface area contributed by atoms with Gasteiger partial charge in [0.15, 0.2) is 0 Å². The average Bonchev–Trinajstić information content (AvgIpc) is 2.74. The molecule has 0 aromatic rings. The zero-order valence-corrected chi connectivity index (χ0v) is 21.8. The Labute approximate surface area is 186 Å². The fourth-order valence-electron chi connectivity index (χ4n) is 4.76. The van der Waals surface area contributed by atoms with E-state index in [1.54, 1.807) is 0 Å². The highest BCUT2D eigenvalue weighted by molar-refractivity contribution is 7.75. The molecule has 0 rings (SSSR count). The van der Waals surface area contributed by atoms with Crippen LogP contribution in [0.2, 0.25) is 0 Å². The Morgan fingerprint density at radius 2 is 0.655 bits per heavy atom. The van der Waals surface area contributed by atoms with E-state index in [-0.39, 0.29) is 0 Å². The van der Waals surface area contributed by atoms with Crippen molar-refractivity contribution in [2.24, 2.45) is 0 Å². The first-order valence-electron chi connectivity index (χ1n) is 13.7. The molecule has 0 saturated carbocycles. The number of hydrogen-bond acceptors (Lipinski definition) is 1. The topological polar surface area (TPSA) is 20.2 Å². The summed E-state index contributed by atoms with van der Waals surface area (Å²) in [5, 5.41) is 9.55. The number of aliphatic hydroxyl groups excluding tert-OH is 1. The van der Waals surface area contributed by atoms with Crippen LogP contribution in [0.3, 0.4) is 0 Å². The van der Waals surface area contributed by atoms with Gasteiger partial charge in [-0.15, -0.1) is 0 Å². The Bertz CT molecular complexity index is 264. The van der Waals surface area contributed by atoms with Gasteiger partial charge in [0, 0.05) is 20.3 Å². The normalized spacial score (nSPS) is 12.0. The van der Waals surface area contributed by atoms with Gasteiger partial charge in [-0.3, -0.25) is 0 Å². The van der Waals surface area contributed by atoms with E-state index in [0.29, 0.717) is 6.61 Å². The van der Waals surface area contributed by atoms with Crippen LogP contribution in [0.5, 0.6) is 0 Å². The molecule has 29 heavy (non-hydrogen) atoms. The minimum atomic E-state index is -0.839. The lowest BCUT2D eigenvalue weighted by Crippen LogP contribution is -2.14. The molecular weight excluding hydrogens is 371 g/mol. The van der Waals surface area contributed by atoms with E-state index in [1.165, 1.54) is 140 Å². The standard InChI is InChI=1S/C27H58OP/c1-4-7-10-13-16-19-24-29(27-22-23-28,25-20-17-14-11-8-5-2)26-21-18-15-12-9-6-3/h28H,4-27H2,1-3H3/q+1. The minimum Gasteiger partial charge on any atom is -0.396 e. The van der Waals surface area contributed by atoms with Gasteiger partial charge in [0.2, 0.25) is 0 Å². The van der Waals surface area contributed by atoms with Crippen molar-refractivity contribution < 1.29 is 5.11 Å². The van der Waals surface area contributed by atoms with Crippen molar-refractivity contribution in [3.8, 4) is 0 Å². The molecule has 0 amide bonds. The van der Waals surface area contributed by atoms with Crippen molar-refractivity contribution in [2.45, 2.75) is 143 Å².